The molecule has 0 spiro atoms. The standard InChI is InChI=1S/C13H22O3/c1-2-15-13(14)10-6-8-12(9-7-10)16-11-4-3-5-11/h10-12H,2-9H2,1H3. The summed E-state index contributed by atoms with van der Waals surface area (Å²) in [7, 11) is 0. The maximum absolute atomic E-state index is 11.5. The van der Waals surface area contributed by atoms with Crippen LogP contribution in [0.1, 0.15) is 51.9 Å². The van der Waals surface area contributed by atoms with Crippen LogP contribution < -0.4 is 0 Å². The van der Waals surface area contributed by atoms with Crippen LogP contribution in [0.2, 0.25) is 0 Å². The molecule has 0 radical (unpaired) electrons. The molecule has 0 aromatic carbocycles. The van der Waals surface area contributed by atoms with E-state index in [1.54, 1.807) is 0 Å². The van der Waals surface area contributed by atoms with Crippen LogP contribution in [0.15, 0.2) is 0 Å². The van der Waals surface area contributed by atoms with E-state index in [-0.39, 0.29) is 11.9 Å². The summed E-state index contributed by atoms with van der Waals surface area (Å²) in [4.78, 5) is 11.5. The maximum atomic E-state index is 11.5. The highest BCUT2D eigenvalue weighted by Crippen LogP contribution is 2.31. The molecule has 2 saturated carbocycles. The number of esters is 1. The number of hydrogen-bond acceptors (Lipinski definition) is 3. The first-order valence-corrected chi connectivity index (χ1v) is 6.61. The van der Waals surface area contributed by atoms with E-state index in [1.807, 2.05) is 6.92 Å². The quantitative estimate of drug-likeness (QED) is 0.691. The first-order valence-electron chi connectivity index (χ1n) is 6.61. The van der Waals surface area contributed by atoms with Gasteiger partial charge in [-0.25, -0.2) is 0 Å². The van der Waals surface area contributed by atoms with E-state index in [9.17, 15) is 4.79 Å². The van der Waals surface area contributed by atoms with E-state index in [0.717, 1.165) is 25.7 Å². The van der Waals surface area contributed by atoms with Crippen molar-refractivity contribution in [2.75, 3.05) is 6.61 Å². The van der Waals surface area contributed by atoms with Gasteiger partial charge >= 0.3 is 5.97 Å². The number of rotatable bonds is 4. The van der Waals surface area contributed by atoms with E-state index in [4.69, 9.17) is 9.47 Å². The highest BCUT2D eigenvalue weighted by molar-refractivity contribution is 5.72. The van der Waals surface area contributed by atoms with Gasteiger partial charge in [-0.3, -0.25) is 4.79 Å². The molecular weight excluding hydrogens is 204 g/mol. The van der Waals surface area contributed by atoms with Gasteiger partial charge in [-0.1, -0.05) is 0 Å². The average molecular weight is 226 g/mol. The Bertz CT molecular complexity index is 227. The fraction of sp³-hybridized carbons (Fsp3) is 0.923. The number of hydrogen-bond donors (Lipinski definition) is 0. The molecule has 3 heteroatoms. The Hall–Kier alpha value is -0.570. The first-order chi connectivity index (χ1) is 7.79. The number of carbonyl (C=O) groups is 1. The molecule has 0 atom stereocenters. The van der Waals surface area contributed by atoms with Crippen LogP contribution in [-0.2, 0) is 14.3 Å². The van der Waals surface area contributed by atoms with E-state index in [0.29, 0.717) is 18.8 Å². The molecule has 0 amide bonds. The van der Waals surface area contributed by atoms with E-state index in [1.165, 1.54) is 19.3 Å². The van der Waals surface area contributed by atoms with Crippen molar-refractivity contribution < 1.29 is 14.3 Å². The van der Waals surface area contributed by atoms with Crippen LogP contribution in [-0.4, -0.2) is 24.8 Å². The Kier molecular flexibility index (Phi) is 4.22. The van der Waals surface area contributed by atoms with Gasteiger partial charge in [0.2, 0.25) is 0 Å². The van der Waals surface area contributed by atoms with Crippen molar-refractivity contribution in [1.82, 2.24) is 0 Å². The highest BCUT2D eigenvalue weighted by Gasteiger charge is 2.30. The van der Waals surface area contributed by atoms with Gasteiger partial charge in [0.25, 0.3) is 0 Å². The van der Waals surface area contributed by atoms with Gasteiger partial charge in [-0.15, -0.1) is 0 Å². The van der Waals surface area contributed by atoms with Crippen LogP contribution in [0.25, 0.3) is 0 Å². The van der Waals surface area contributed by atoms with Crippen LogP contribution in [0.4, 0.5) is 0 Å². The topological polar surface area (TPSA) is 35.5 Å². The van der Waals surface area contributed by atoms with Gasteiger partial charge in [0.05, 0.1) is 24.7 Å². The summed E-state index contributed by atoms with van der Waals surface area (Å²) < 4.78 is 11.0. The van der Waals surface area contributed by atoms with Gasteiger partial charge in [0, 0.05) is 0 Å². The molecule has 2 aliphatic rings. The minimum absolute atomic E-state index is 0.00964. The molecule has 0 N–H and O–H groups in total. The molecule has 0 aromatic heterocycles. The molecule has 0 bridgehead atoms. The molecule has 0 unspecified atom stereocenters. The number of carbonyl (C=O) groups excluding carboxylic acids is 1. The zero-order valence-corrected chi connectivity index (χ0v) is 10.1. The molecule has 2 fully saturated rings. The van der Waals surface area contributed by atoms with E-state index < -0.39 is 0 Å². The van der Waals surface area contributed by atoms with Crippen LogP contribution >= 0.6 is 0 Å². The second kappa shape index (κ2) is 5.67. The molecule has 0 heterocycles. The fourth-order valence-electron chi connectivity index (χ4n) is 2.47. The minimum Gasteiger partial charge on any atom is -0.466 e. The van der Waals surface area contributed by atoms with Crippen LogP contribution in [0, 0.1) is 5.92 Å². The average Bonchev–Trinajstić information content (AvgIpc) is 2.25. The third kappa shape index (κ3) is 2.97. The van der Waals surface area contributed by atoms with Crippen molar-refractivity contribution in [3.63, 3.8) is 0 Å². The summed E-state index contributed by atoms with van der Waals surface area (Å²) in [6.45, 7) is 2.36. The molecule has 2 rings (SSSR count). The van der Waals surface area contributed by atoms with Crippen molar-refractivity contribution in [3.8, 4) is 0 Å². The lowest BCUT2D eigenvalue weighted by atomic mass is 9.86. The van der Waals surface area contributed by atoms with Crippen molar-refractivity contribution in [2.24, 2.45) is 5.92 Å². The fourth-order valence-corrected chi connectivity index (χ4v) is 2.47. The Morgan fingerprint density at radius 2 is 1.69 bits per heavy atom. The predicted molar refractivity (Wildman–Crippen MR) is 61.1 cm³/mol. The summed E-state index contributed by atoms with van der Waals surface area (Å²) >= 11 is 0. The van der Waals surface area contributed by atoms with Crippen molar-refractivity contribution in [1.29, 1.82) is 0 Å². The molecule has 0 saturated heterocycles. The third-order valence-corrected chi connectivity index (χ3v) is 3.73. The third-order valence-electron chi connectivity index (χ3n) is 3.73. The highest BCUT2D eigenvalue weighted by atomic mass is 16.5. The Balaban J connectivity index is 1.67. The Morgan fingerprint density at radius 3 is 2.19 bits per heavy atom. The summed E-state index contributed by atoms with van der Waals surface area (Å²) in [5.41, 5.74) is 0. The maximum Gasteiger partial charge on any atom is 0.308 e. The van der Waals surface area contributed by atoms with Gasteiger partial charge in [-0.2, -0.15) is 0 Å². The zero-order valence-electron chi connectivity index (χ0n) is 10.1. The van der Waals surface area contributed by atoms with Gasteiger partial charge in [0.15, 0.2) is 0 Å². The van der Waals surface area contributed by atoms with Crippen LogP contribution in [0.5, 0.6) is 0 Å². The lowest BCUT2D eigenvalue weighted by molar-refractivity contribution is -0.151. The lowest BCUT2D eigenvalue weighted by Gasteiger charge is -2.34. The Morgan fingerprint density at radius 1 is 1.06 bits per heavy atom. The largest absolute Gasteiger partial charge is 0.466 e. The predicted octanol–water partition coefficient (Wildman–Crippen LogP) is 2.68. The Labute approximate surface area is 97.5 Å². The summed E-state index contributed by atoms with van der Waals surface area (Å²) in [6.07, 6.45) is 8.64. The second-order valence-corrected chi connectivity index (χ2v) is 4.91. The summed E-state index contributed by atoms with van der Waals surface area (Å²) in [5.74, 6) is 0.116. The summed E-state index contributed by atoms with van der Waals surface area (Å²) in [6, 6.07) is 0. The van der Waals surface area contributed by atoms with E-state index >= 15 is 0 Å². The van der Waals surface area contributed by atoms with Gasteiger partial charge < -0.3 is 9.47 Å². The molecule has 0 aliphatic heterocycles. The van der Waals surface area contributed by atoms with Crippen molar-refractivity contribution in [2.45, 2.75) is 64.1 Å². The first kappa shape index (κ1) is 11.9. The molecule has 3 nitrogen and oxygen atoms in total. The van der Waals surface area contributed by atoms with Crippen molar-refractivity contribution >= 4 is 5.97 Å². The van der Waals surface area contributed by atoms with Gasteiger partial charge in [-0.05, 0) is 51.9 Å². The minimum atomic E-state index is -0.00964. The number of ether oxygens (including phenoxy) is 2. The molecule has 2 aliphatic carbocycles. The molecule has 0 aromatic rings. The smallest absolute Gasteiger partial charge is 0.308 e. The monoisotopic (exact) mass is 226 g/mol. The van der Waals surface area contributed by atoms with Gasteiger partial charge in [0.1, 0.15) is 0 Å². The van der Waals surface area contributed by atoms with Crippen LogP contribution in [0.3, 0.4) is 0 Å². The molecule has 16 heavy (non-hydrogen) atoms. The molecule has 92 valence electrons. The summed E-state index contributed by atoms with van der Waals surface area (Å²) in [5, 5.41) is 0. The normalized spacial score (nSPS) is 30.8. The second-order valence-electron chi connectivity index (χ2n) is 4.91. The lowest BCUT2D eigenvalue weighted by Crippen LogP contribution is -2.32. The van der Waals surface area contributed by atoms with E-state index in [2.05, 4.69) is 0 Å². The van der Waals surface area contributed by atoms with Crippen molar-refractivity contribution in [3.05, 3.63) is 0 Å². The molecular formula is C13H22O3. The zero-order chi connectivity index (χ0) is 11.4. The SMILES string of the molecule is CCOC(=O)C1CCC(OC2CCC2)CC1.